The van der Waals surface area contributed by atoms with E-state index >= 15 is 0 Å². The summed E-state index contributed by atoms with van der Waals surface area (Å²) in [5.41, 5.74) is 0.427. The first kappa shape index (κ1) is 8.20. The molecule has 0 saturated carbocycles. The first-order valence-corrected chi connectivity index (χ1v) is 3.67. The summed E-state index contributed by atoms with van der Waals surface area (Å²) in [5, 5.41) is 0. The molecule has 0 N–H and O–H groups in total. The van der Waals surface area contributed by atoms with E-state index in [0.717, 1.165) is 0 Å². The van der Waals surface area contributed by atoms with Crippen LogP contribution in [0.4, 0.5) is 0 Å². The van der Waals surface area contributed by atoms with Crippen molar-refractivity contribution in [2.24, 2.45) is 0 Å². The van der Waals surface area contributed by atoms with Gasteiger partial charge in [-0.15, -0.1) is 0 Å². The van der Waals surface area contributed by atoms with Crippen molar-refractivity contribution < 1.29 is 13.9 Å². The summed E-state index contributed by atoms with van der Waals surface area (Å²) in [4.78, 5) is 10.8. The van der Waals surface area contributed by atoms with Crippen molar-refractivity contribution in [2.45, 2.75) is 5.75 Å². The second kappa shape index (κ2) is 3.48. The van der Waals surface area contributed by atoms with Gasteiger partial charge in [0.2, 0.25) is 0 Å². The van der Waals surface area contributed by atoms with Crippen molar-refractivity contribution in [2.75, 3.05) is 7.11 Å². The van der Waals surface area contributed by atoms with Crippen molar-refractivity contribution in [3.05, 3.63) is 23.7 Å². The first-order chi connectivity index (χ1) is 5.27. The lowest BCUT2D eigenvalue weighted by atomic mass is 10.3. The minimum absolute atomic E-state index is 0.387. The zero-order valence-corrected chi connectivity index (χ0v) is 6.93. The highest BCUT2D eigenvalue weighted by Gasteiger charge is 2.08. The lowest BCUT2D eigenvalue weighted by Gasteiger charge is -1.90. The van der Waals surface area contributed by atoms with Gasteiger partial charge in [-0.05, 0) is 6.07 Å². The molecule has 0 atom stereocenters. The highest BCUT2D eigenvalue weighted by atomic mass is 32.1. The average Bonchev–Trinajstić information content (AvgIpc) is 2.50. The maximum atomic E-state index is 10.8. The third-order valence-electron chi connectivity index (χ3n) is 1.23. The fourth-order valence-corrected chi connectivity index (χ4v) is 0.854. The maximum absolute atomic E-state index is 10.8. The molecule has 1 rings (SSSR count). The minimum atomic E-state index is -0.387. The summed E-state index contributed by atoms with van der Waals surface area (Å²) in [6.45, 7) is 0. The fourth-order valence-electron chi connectivity index (χ4n) is 0.688. The molecular formula is C7H8O3S. The van der Waals surface area contributed by atoms with Crippen LogP contribution in [-0.4, -0.2) is 13.1 Å². The molecule has 0 aliphatic heterocycles. The number of hydrogen-bond donors (Lipinski definition) is 1. The lowest BCUT2D eigenvalue weighted by molar-refractivity contribution is 0.0600. The Hall–Kier alpha value is -0.900. The highest BCUT2D eigenvalue weighted by Crippen LogP contribution is 2.10. The SMILES string of the molecule is COC(=O)c1coc(CS)c1. The van der Waals surface area contributed by atoms with Gasteiger partial charge < -0.3 is 9.15 Å². The Morgan fingerprint density at radius 1 is 1.82 bits per heavy atom. The van der Waals surface area contributed by atoms with Crippen molar-refractivity contribution in [3.8, 4) is 0 Å². The normalized spacial score (nSPS) is 9.64. The van der Waals surface area contributed by atoms with E-state index in [1.807, 2.05) is 0 Å². The molecule has 0 aliphatic carbocycles. The largest absolute Gasteiger partial charge is 0.468 e. The van der Waals surface area contributed by atoms with Gasteiger partial charge in [0.1, 0.15) is 12.0 Å². The number of thiol groups is 1. The summed E-state index contributed by atoms with van der Waals surface area (Å²) in [5.74, 6) is 0.757. The van der Waals surface area contributed by atoms with E-state index in [1.54, 1.807) is 6.07 Å². The van der Waals surface area contributed by atoms with Gasteiger partial charge in [0.25, 0.3) is 0 Å². The van der Waals surface area contributed by atoms with Crippen LogP contribution in [0.25, 0.3) is 0 Å². The fraction of sp³-hybridized carbons (Fsp3) is 0.286. The van der Waals surface area contributed by atoms with Crippen LogP contribution in [0.5, 0.6) is 0 Å². The molecule has 0 aromatic carbocycles. The van der Waals surface area contributed by atoms with E-state index in [9.17, 15) is 4.79 Å². The minimum Gasteiger partial charge on any atom is -0.468 e. The number of rotatable bonds is 2. The van der Waals surface area contributed by atoms with Crippen LogP contribution < -0.4 is 0 Å². The van der Waals surface area contributed by atoms with E-state index < -0.39 is 0 Å². The molecule has 0 unspecified atom stereocenters. The van der Waals surface area contributed by atoms with E-state index in [4.69, 9.17) is 4.42 Å². The Morgan fingerprint density at radius 2 is 2.55 bits per heavy atom. The second-order valence-corrected chi connectivity index (χ2v) is 2.27. The van der Waals surface area contributed by atoms with Crippen LogP contribution in [0, 0.1) is 0 Å². The Kier molecular flexibility index (Phi) is 2.59. The number of furan rings is 1. The number of esters is 1. The van der Waals surface area contributed by atoms with Gasteiger partial charge in [0.05, 0.1) is 12.7 Å². The van der Waals surface area contributed by atoms with Gasteiger partial charge in [-0.25, -0.2) is 4.79 Å². The van der Waals surface area contributed by atoms with E-state index in [-0.39, 0.29) is 5.97 Å². The van der Waals surface area contributed by atoms with Gasteiger partial charge in [-0.3, -0.25) is 0 Å². The molecule has 0 spiro atoms. The molecule has 0 bridgehead atoms. The lowest BCUT2D eigenvalue weighted by Crippen LogP contribution is -1.98. The molecule has 0 amide bonds. The van der Waals surface area contributed by atoms with Crippen LogP contribution in [0.3, 0.4) is 0 Å². The van der Waals surface area contributed by atoms with Crippen LogP contribution in [0.15, 0.2) is 16.7 Å². The molecule has 3 nitrogen and oxygen atoms in total. The number of carbonyl (C=O) groups excluding carboxylic acids is 1. The molecule has 0 radical (unpaired) electrons. The number of ether oxygens (including phenoxy) is 1. The smallest absolute Gasteiger partial charge is 0.341 e. The number of hydrogen-bond acceptors (Lipinski definition) is 4. The topological polar surface area (TPSA) is 39.4 Å². The van der Waals surface area contributed by atoms with Crippen molar-refractivity contribution in [1.82, 2.24) is 0 Å². The third-order valence-corrected chi connectivity index (χ3v) is 1.54. The molecule has 1 aromatic heterocycles. The van der Waals surface area contributed by atoms with Crippen molar-refractivity contribution >= 4 is 18.6 Å². The molecule has 0 aliphatic rings. The van der Waals surface area contributed by atoms with Crippen LogP contribution >= 0.6 is 12.6 Å². The number of carbonyl (C=O) groups is 1. The molecular weight excluding hydrogens is 164 g/mol. The maximum Gasteiger partial charge on any atom is 0.341 e. The Labute approximate surface area is 69.8 Å². The van der Waals surface area contributed by atoms with Gasteiger partial charge >= 0.3 is 5.97 Å². The monoisotopic (exact) mass is 172 g/mol. The summed E-state index contributed by atoms with van der Waals surface area (Å²) in [6.07, 6.45) is 1.36. The zero-order valence-electron chi connectivity index (χ0n) is 6.03. The zero-order chi connectivity index (χ0) is 8.27. The summed E-state index contributed by atoms with van der Waals surface area (Å²) in [7, 11) is 1.33. The summed E-state index contributed by atoms with van der Waals surface area (Å²) in [6, 6.07) is 1.61. The quantitative estimate of drug-likeness (QED) is 0.542. The molecule has 1 heterocycles. The molecule has 11 heavy (non-hydrogen) atoms. The van der Waals surface area contributed by atoms with E-state index in [1.165, 1.54) is 13.4 Å². The van der Waals surface area contributed by atoms with Gasteiger partial charge in [0, 0.05) is 5.75 Å². The van der Waals surface area contributed by atoms with E-state index in [2.05, 4.69) is 17.4 Å². The second-order valence-electron chi connectivity index (χ2n) is 1.95. The Balaban J connectivity index is 2.80. The molecule has 0 fully saturated rings. The standard InChI is InChI=1S/C7H8O3S/c1-9-7(8)5-2-6(4-11)10-3-5/h2-3,11H,4H2,1H3. The molecule has 1 aromatic rings. The summed E-state index contributed by atoms with van der Waals surface area (Å²) >= 11 is 3.98. The van der Waals surface area contributed by atoms with Gasteiger partial charge in [-0.1, -0.05) is 0 Å². The third kappa shape index (κ3) is 1.77. The predicted molar refractivity (Wildman–Crippen MR) is 42.7 cm³/mol. The predicted octanol–water partition coefficient (Wildman–Crippen LogP) is 1.50. The van der Waals surface area contributed by atoms with Crippen molar-refractivity contribution in [1.29, 1.82) is 0 Å². The van der Waals surface area contributed by atoms with Gasteiger partial charge in [-0.2, -0.15) is 12.6 Å². The van der Waals surface area contributed by atoms with Crippen LogP contribution in [0.2, 0.25) is 0 Å². The van der Waals surface area contributed by atoms with Gasteiger partial charge in [0.15, 0.2) is 0 Å². The Bertz CT molecular complexity index is 254. The highest BCUT2D eigenvalue weighted by molar-refractivity contribution is 7.79. The van der Waals surface area contributed by atoms with E-state index in [0.29, 0.717) is 17.1 Å². The number of methoxy groups -OCH3 is 1. The summed E-state index contributed by atoms with van der Waals surface area (Å²) < 4.78 is 9.43. The molecule has 4 heteroatoms. The molecule has 0 saturated heterocycles. The average molecular weight is 172 g/mol. The Morgan fingerprint density at radius 3 is 3.00 bits per heavy atom. The first-order valence-electron chi connectivity index (χ1n) is 3.04. The van der Waals surface area contributed by atoms with Crippen LogP contribution in [0.1, 0.15) is 16.1 Å². The van der Waals surface area contributed by atoms with Crippen LogP contribution in [-0.2, 0) is 10.5 Å². The molecule has 60 valence electrons. The van der Waals surface area contributed by atoms with Crippen molar-refractivity contribution in [3.63, 3.8) is 0 Å².